The number of rotatable bonds is 8. The maximum absolute atomic E-state index is 11.9. The van der Waals surface area contributed by atoms with Crippen LogP contribution >= 0.6 is 27.5 Å². The molecule has 0 aliphatic carbocycles. The summed E-state index contributed by atoms with van der Waals surface area (Å²) >= 11 is 9.93. The molecule has 1 N–H and O–H groups in total. The number of aryl methyl sites for hydroxylation is 2. The lowest BCUT2D eigenvalue weighted by Gasteiger charge is -2.10. The first-order chi connectivity index (χ1) is 17.4. The van der Waals surface area contributed by atoms with Crippen molar-refractivity contribution in [2.45, 2.75) is 32.7 Å². The van der Waals surface area contributed by atoms with Crippen molar-refractivity contribution in [3.8, 4) is 22.7 Å². The highest BCUT2D eigenvalue weighted by atomic mass is 79.9. The molecule has 11 heteroatoms. The van der Waals surface area contributed by atoms with E-state index in [4.69, 9.17) is 16.0 Å². The number of halogens is 2. The molecular weight excluding hydrogens is 548 g/mol. The first kappa shape index (κ1) is 24.2. The van der Waals surface area contributed by atoms with Gasteiger partial charge < -0.3 is 14.1 Å². The van der Waals surface area contributed by atoms with Crippen molar-refractivity contribution < 1.29 is 14.3 Å². The number of fused-ring (bicyclic) bond motifs is 1. The van der Waals surface area contributed by atoms with Gasteiger partial charge in [-0.25, -0.2) is 14.5 Å². The van der Waals surface area contributed by atoms with E-state index in [0.717, 1.165) is 39.4 Å². The quantitative estimate of drug-likeness (QED) is 0.244. The van der Waals surface area contributed by atoms with E-state index in [9.17, 15) is 9.90 Å². The van der Waals surface area contributed by atoms with Crippen LogP contribution in [0, 0.1) is 0 Å². The zero-order valence-electron chi connectivity index (χ0n) is 19.6. The summed E-state index contributed by atoms with van der Waals surface area (Å²) in [5.74, 6) is 0.841. The molecule has 5 aromatic rings. The van der Waals surface area contributed by atoms with Gasteiger partial charge in [0.15, 0.2) is 16.7 Å². The fourth-order valence-corrected chi connectivity index (χ4v) is 5.15. The topological polar surface area (TPSA) is 112 Å². The second kappa shape index (κ2) is 9.87. The van der Waals surface area contributed by atoms with Crippen LogP contribution in [-0.2, 0) is 20.0 Å². The van der Waals surface area contributed by atoms with Gasteiger partial charge >= 0.3 is 5.97 Å². The Hall–Kier alpha value is -3.50. The number of aromatic nitrogens is 6. The summed E-state index contributed by atoms with van der Waals surface area (Å²) in [4.78, 5) is 16.2. The number of carboxylic acid groups (broad SMARTS) is 1. The molecule has 0 fully saturated rings. The Morgan fingerprint density at radius 3 is 2.67 bits per heavy atom. The van der Waals surface area contributed by atoms with Crippen LogP contribution in [0.25, 0.3) is 33.7 Å². The summed E-state index contributed by atoms with van der Waals surface area (Å²) in [7, 11) is 1.79. The van der Waals surface area contributed by atoms with E-state index in [1.807, 2.05) is 42.5 Å². The average molecular weight is 570 g/mol. The van der Waals surface area contributed by atoms with Gasteiger partial charge in [0.25, 0.3) is 0 Å². The van der Waals surface area contributed by atoms with Gasteiger partial charge in [-0.15, -0.1) is 5.10 Å². The number of benzene rings is 2. The molecule has 184 valence electrons. The molecule has 5 rings (SSSR count). The van der Waals surface area contributed by atoms with Crippen molar-refractivity contribution in [1.29, 1.82) is 0 Å². The van der Waals surface area contributed by atoms with E-state index in [1.54, 1.807) is 16.3 Å². The summed E-state index contributed by atoms with van der Waals surface area (Å²) in [5.41, 5.74) is 3.28. The molecule has 0 saturated carbocycles. The zero-order valence-corrected chi connectivity index (χ0v) is 21.9. The Kier molecular flexibility index (Phi) is 6.63. The Morgan fingerprint density at radius 2 is 1.97 bits per heavy atom. The SMILES string of the molecule is CCCCc1nc(Cl)c(C(=O)O)n1Cc1ccc2oc(-c3ccccc3-c3nnnn3C)c(Br)c2c1. The summed E-state index contributed by atoms with van der Waals surface area (Å²) in [5, 5.41) is 22.5. The molecule has 0 saturated heterocycles. The van der Waals surface area contributed by atoms with Crippen LogP contribution in [0.15, 0.2) is 51.4 Å². The molecule has 0 aliphatic rings. The van der Waals surface area contributed by atoms with Crippen molar-refractivity contribution in [2.24, 2.45) is 7.05 Å². The smallest absolute Gasteiger partial charge is 0.355 e. The summed E-state index contributed by atoms with van der Waals surface area (Å²) in [6.45, 7) is 2.40. The van der Waals surface area contributed by atoms with E-state index in [-0.39, 0.29) is 10.8 Å². The van der Waals surface area contributed by atoms with E-state index in [1.165, 1.54) is 0 Å². The monoisotopic (exact) mass is 568 g/mol. The van der Waals surface area contributed by atoms with E-state index in [0.29, 0.717) is 36.0 Å². The molecule has 2 aromatic carbocycles. The highest BCUT2D eigenvalue weighted by Gasteiger charge is 2.23. The number of hydrogen-bond donors (Lipinski definition) is 1. The van der Waals surface area contributed by atoms with Crippen LogP contribution in [0.4, 0.5) is 0 Å². The lowest BCUT2D eigenvalue weighted by atomic mass is 10.0. The largest absolute Gasteiger partial charge is 0.476 e. The molecule has 3 heterocycles. The molecule has 0 atom stereocenters. The third-order valence-electron chi connectivity index (χ3n) is 6.03. The Balaban J connectivity index is 1.57. The predicted molar refractivity (Wildman–Crippen MR) is 139 cm³/mol. The molecular formula is C25H22BrClN6O3. The van der Waals surface area contributed by atoms with Gasteiger partial charge in [0.1, 0.15) is 17.2 Å². The first-order valence-corrected chi connectivity index (χ1v) is 12.6. The van der Waals surface area contributed by atoms with Crippen molar-refractivity contribution in [3.63, 3.8) is 0 Å². The van der Waals surface area contributed by atoms with E-state index >= 15 is 0 Å². The van der Waals surface area contributed by atoms with Crippen molar-refractivity contribution in [2.75, 3.05) is 0 Å². The van der Waals surface area contributed by atoms with Gasteiger partial charge in [0.2, 0.25) is 0 Å². The van der Waals surface area contributed by atoms with Crippen molar-refractivity contribution in [1.82, 2.24) is 29.8 Å². The van der Waals surface area contributed by atoms with Crippen LogP contribution in [0.2, 0.25) is 5.15 Å². The minimum absolute atomic E-state index is 0.000953. The van der Waals surface area contributed by atoms with Crippen LogP contribution in [0.5, 0.6) is 0 Å². The third kappa shape index (κ3) is 4.31. The molecule has 0 amide bonds. The van der Waals surface area contributed by atoms with Gasteiger partial charge in [-0.1, -0.05) is 55.3 Å². The molecule has 0 bridgehead atoms. The standard InChI is InChI=1S/C25H22BrClN6O3/c1-3-4-9-19-28-23(27)21(25(34)35)33(19)13-14-10-11-18-17(12-14)20(26)22(36-18)15-7-5-6-8-16(15)24-29-30-31-32(24)2/h5-8,10-12H,3-4,9,13H2,1-2H3,(H,34,35). The summed E-state index contributed by atoms with van der Waals surface area (Å²) < 4.78 is 10.3. The van der Waals surface area contributed by atoms with Gasteiger partial charge in [-0.2, -0.15) is 0 Å². The first-order valence-electron chi connectivity index (χ1n) is 11.4. The number of unbranched alkanes of at least 4 members (excludes halogenated alkanes) is 1. The number of tetrazole rings is 1. The summed E-state index contributed by atoms with van der Waals surface area (Å²) in [6, 6.07) is 13.6. The Morgan fingerprint density at radius 1 is 1.19 bits per heavy atom. The highest BCUT2D eigenvalue weighted by Crippen LogP contribution is 2.41. The van der Waals surface area contributed by atoms with Crippen LogP contribution in [0.3, 0.4) is 0 Å². The zero-order chi connectivity index (χ0) is 25.4. The van der Waals surface area contributed by atoms with Crippen LogP contribution in [-0.4, -0.2) is 40.8 Å². The Labute approximate surface area is 219 Å². The predicted octanol–water partition coefficient (Wildman–Crippen LogP) is 5.99. The van der Waals surface area contributed by atoms with Crippen molar-refractivity contribution in [3.05, 3.63) is 69.2 Å². The number of furan rings is 1. The van der Waals surface area contributed by atoms with Crippen LogP contribution in [0.1, 0.15) is 41.6 Å². The number of carbonyl (C=O) groups is 1. The van der Waals surface area contributed by atoms with E-state index in [2.05, 4.69) is 43.4 Å². The van der Waals surface area contributed by atoms with Crippen LogP contribution < -0.4 is 0 Å². The highest BCUT2D eigenvalue weighted by molar-refractivity contribution is 9.10. The number of hydrogen-bond acceptors (Lipinski definition) is 6. The average Bonchev–Trinajstić information content (AvgIpc) is 3.53. The van der Waals surface area contributed by atoms with Gasteiger partial charge in [-0.3, -0.25) is 0 Å². The number of aromatic carboxylic acids is 1. The second-order valence-electron chi connectivity index (χ2n) is 8.41. The number of nitrogens with zero attached hydrogens (tertiary/aromatic N) is 6. The molecule has 3 aromatic heterocycles. The lowest BCUT2D eigenvalue weighted by molar-refractivity contribution is 0.0685. The molecule has 0 spiro atoms. The molecule has 0 unspecified atom stereocenters. The summed E-state index contributed by atoms with van der Waals surface area (Å²) in [6.07, 6.45) is 2.51. The maximum Gasteiger partial charge on any atom is 0.355 e. The number of carboxylic acids is 1. The van der Waals surface area contributed by atoms with E-state index < -0.39 is 5.97 Å². The Bertz CT molecular complexity index is 1590. The lowest BCUT2D eigenvalue weighted by Crippen LogP contribution is -2.13. The fraction of sp³-hybridized carbons (Fsp3) is 0.240. The molecule has 36 heavy (non-hydrogen) atoms. The van der Waals surface area contributed by atoms with Gasteiger partial charge in [0, 0.05) is 36.5 Å². The minimum Gasteiger partial charge on any atom is -0.476 e. The minimum atomic E-state index is -1.10. The van der Waals surface area contributed by atoms with Crippen molar-refractivity contribution >= 4 is 44.5 Å². The fourth-order valence-electron chi connectivity index (χ4n) is 4.27. The normalized spacial score (nSPS) is 11.4. The third-order valence-corrected chi connectivity index (χ3v) is 7.08. The second-order valence-corrected chi connectivity index (χ2v) is 9.56. The molecule has 0 aliphatic heterocycles. The van der Waals surface area contributed by atoms with Gasteiger partial charge in [0.05, 0.1) is 4.47 Å². The van der Waals surface area contributed by atoms with Gasteiger partial charge in [-0.05, 0) is 50.5 Å². The molecule has 0 radical (unpaired) electrons. The molecule has 9 nitrogen and oxygen atoms in total. The maximum atomic E-state index is 11.9. The number of imidazole rings is 1.